The third-order valence-electron chi connectivity index (χ3n) is 2.57. The Morgan fingerprint density at radius 1 is 1.15 bits per heavy atom. The van der Waals surface area contributed by atoms with E-state index in [4.69, 9.17) is 10.5 Å². The summed E-state index contributed by atoms with van der Waals surface area (Å²) >= 11 is 0. The van der Waals surface area contributed by atoms with Gasteiger partial charge in [0.15, 0.2) is 0 Å². The van der Waals surface area contributed by atoms with Crippen LogP contribution in [0.5, 0.6) is 5.75 Å². The van der Waals surface area contributed by atoms with Crippen molar-refractivity contribution in [2.24, 2.45) is 5.73 Å². The quantitative estimate of drug-likeness (QED) is 0.749. The van der Waals surface area contributed by atoms with Crippen molar-refractivity contribution in [3.63, 3.8) is 0 Å². The molecule has 0 radical (unpaired) electrons. The van der Waals surface area contributed by atoms with Crippen LogP contribution >= 0.6 is 0 Å². The average molecular weight is 291 g/mol. The van der Waals surface area contributed by atoms with E-state index in [0.29, 0.717) is 5.75 Å². The molecule has 1 unspecified atom stereocenters. The van der Waals surface area contributed by atoms with Crippen LogP contribution in [0.3, 0.4) is 0 Å². The van der Waals surface area contributed by atoms with Crippen LogP contribution in [0.15, 0.2) is 24.3 Å². The second-order valence-corrected chi connectivity index (χ2v) is 4.68. The largest absolute Gasteiger partial charge is 0.491 e. The zero-order chi connectivity index (χ0) is 15.0. The summed E-state index contributed by atoms with van der Waals surface area (Å²) in [4.78, 5) is 0. The first kappa shape index (κ1) is 16.8. The van der Waals surface area contributed by atoms with Crippen molar-refractivity contribution < 1.29 is 22.6 Å². The molecule has 114 valence electrons. The smallest absolute Gasteiger partial charge is 0.411 e. The average Bonchev–Trinajstić information content (AvgIpc) is 2.36. The molecule has 1 aromatic carbocycles. The number of halogens is 3. The zero-order valence-corrected chi connectivity index (χ0v) is 11.5. The van der Waals surface area contributed by atoms with Crippen molar-refractivity contribution in [1.29, 1.82) is 0 Å². The fourth-order valence-corrected chi connectivity index (χ4v) is 1.55. The summed E-state index contributed by atoms with van der Waals surface area (Å²) in [7, 11) is 0. The minimum Gasteiger partial charge on any atom is -0.491 e. The summed E-state index contributed by atoms with van der Waals surface area (Å²) in [6.07, 6.45) is -2.49. The number of hydrogen-bond acceptors (Lipinski definition) is 3. The van der Waals surface area contributed by atoms with E-state index in [0.717, 1.165) is 18.4 Å². The molecule has 0 aliphatic carbocycles. The predicted octanol–water partition coefficient (Wildman–Crippen LogP) is 2.92. The molecule has 0 amide bonds. The van der Waals surface area contributed by atoms with E-state index in [9.17, 15) is 13.2 Å². The Labute approximate surface area is 116 Å². The lowest BCUT2D eigenvalue weighted by atomic mass is 10.1. The summed E-state index contributed by atoms with van der Waals surface area (Å²) in [6, 6.07) is 7.60. The molecule has 0 aliphatic heterocycles. The number of nitrogens with two attached hydrogens (primary N) is 1. The van der Waals surface area contributed by atoms with Gasteiger partial charge in [0.1, 0.15) is 19.0 Å². The first-order valence-electron chi connectivity index (χ1n) is 6.48. The van der Waals surface area contributed by atoms with Gasteiger partial charge < -0.3 is 15.2 Å². The molecule has 0 heterocycles. The maximum Gasteiger partial charge on any atom is 0.411 e. The monoisotopic (exact) mass is 291 g/mol. The van der Waals surface area contributed by atoms with Crippen LogP contribution in [0.4, 0.5) is 13.2 Å². The zero-order valence-electron chi connectivity index (χ0n) is 11.5. The second-order valence-electron chi connectivity index (χ2n) is 4.68. The minimum atomic E-state index is -4.29. The van der Waals surface area contributed by atoms with E-state index < -0.39 is 12.8 Å². The van der Waals surface area contributed by atoms with Crippen LogP contribution in [0.1, 0.15) is 18.9 Å². The number of hydrogen-bond donors (Lipinski definition) is 1. The van der Waals surface area contributed by atoms with Crippen molar-refractivity contribution in [3.8, 4) is 5.75 Å². The molecule has 0 spiro atoms. The Kier molecular flexibility index (Phi) is 6.81. The fraction of sp³-hybridized carbons (Fsp3) is 0.571. The molecular formula is C14H20F3NO2. The third-order valence-corrected chi connectivity index (χ3v) is 2.57. The van der Waals surface area contributed by atoms with Crippen molar-refractivity contribution >= 4 is 0 Å². The van der Waals surface area contributed by atoms with E-state index in [1.54, 1.807) is 12.1 Å². The first-order chi connectivity index (χ1) is 9.37. The molecule has 1 rings (SSSR count). The van der Waals surface area contributed by atoms with Crippen molar-refractivity contribution in [3.05, 3.63) is 29.8 Å². The van der Waals surface area contributed by atoms with Gasteiger partial charge in [0.05, 0.1) is 6.61 Å². The molecule has 0 saturated heterocycles. The lowest BCUT2D eigenvalue weighted by Gasteiger charge is -2.10. The highest BCUT2D eigenvalue weighted by Crippen LogP contribution is 2.15. The van der Waals surface area contributed by atoms with Gasteiger partial charge in [-0.3, -0.25) is 0 Å². The highest BCUT2D eigenvalue weighted by molar-refractivity contribution is 5.27. The summed E-state index contributed by atoms with van der Waals surface area (Å²) in [6.45, 7) is 0.714. The standard InChI is InChI=1S/C14H20F3NO2/c1-11(18)2-3-12-4-6-13(7-5-12)20-9-8-19-10-14(15,16)17/h4-7,11H,2-3,8-10,18H2,1H3. The Morgan fingerprint density at radius 2 is 1.80 bits per heavy atom. The van der Waals surface area contributed by atoms with Crippen molar-refractivity contribution in [1.82, 2.24) is 0 Å². The lowest BCUT2D eigenvalue weighted by molar-refractivity contribution is -0.175. The number of benzene rings is 1. The molecule has 0 bridgehead atoms. The Bertz CT molecular complexity index is 377. The molecule has 6 heteroatoms. The molecule has 1 aromatic rings. The Morgan fingerprint density at radius 3 is 2.35 bits per heavy atom. The van der Waals surface area contributed by atoms with E-state index >= 15 is 0 Å². The van der Waals surface area contributed by atoms with Crippen LogP contribution in [-0.2, 0) is 11.2 Å². The summed E-state index contributed by atoms with van der Waals surface area (Å²) in [5.74, 6) is 0.616. The maximum absolute atomic E-state index is 11.8. The maximum atomic E-state index is 11.8. The molecule has 0 fully saturated rings. The van der Waals surface area contributed by atoms with Crippen LogP contribution in [-0.4, -0.2) is 32.0 Å². The van der Waals surface area contributed by atoms with E-state index in [1.165, 1.54) is 0 Å². The van der Waals surface area contributed by atoms with Crippen LogP contribution in [0.25, 0.3) is 0 Å². The lowest BCUT2D eigenvalue weighted by Crippen LogP contribution is -2.19. The van der Waals surface area contributed by atoms with Gasteiger partial charge >= 0.3 is 6.18 Å². The molecule has 1 atom stereocenters. The molecule has 3 nitrogen and oxygen atoms in total. The first-order valence-corrected chi connectivity index (χ1v) is 6.48. The van der Waals surface area contributed by atoms with Gasteiger partial charge in [0.2, 0.25) is 0 Å². The second kappa shape index (κ2) is 8.11. The van der Waals surface area contributed by atoms with Gasteiger partial charge in [-0.25, -0.2) is 0 Å². The van der Waals surface area contributed by atoms with E-state index in [-0.39, 0.29) is 19.3 Å². The highest BCUT2D eigenvalue weighted by Gasteiger charge is 2.27. The van der Waals surface area contributed by atoms with Crippen molar-refractivity contribution in [2.45, 2.75) is 32.0 Å². The Hall–Kier alpha value is -1.27. The molecule has 0 aliphatic rings. The van der Waals surface area contributed by atoms with Gasteiger partial charge in [0, 0.05) is 6.04 Å². The van der Waals surface area contributed by atoms with Crippen molar-refractivity contribution in [2.75, 3.05) is 19.8 Å². The number of ether oxygens (including phenoxy) is 2. The van der Waals surface area contributed by atoms with Gasteiger partial charge in [-0.2, -0.15) is 13.2 Å². The number of rotatable bonds is 8. The van der Waals surface area contributed by atoms with Gasteiger partial charge in [-0.15, -0.1) is 0 Å². The predicted molar refractivity (Wildman–Crippen MR) is 70.8 cm³/mol. The minimum absolute atomic E-state index is 0.0913. The van der Waals surface area contributed by atoms with Gasteiger partial charge in [0.25, 0.3) is 0 Å². The summed E-state index contributed by atoms with van der Waals surface area (Å²) < 4.78 is 45.1. The Balaban J connectivity index is 2.21. The van der Waals surface area contributed by atoms with Crippen LogP contribution in [0.2, 0.25) is 0 Å². The summed E-state index contributed by atoms with van der Waals surface area (Å²) in [5.41, 5.74) is 6.83. The number of alkyl halides is 3. The highest BCUT2D eigenvalue weighted by atomic mass is 19.4. The van der Waals surface area contributed by atoms with E-state index in [2.05, 4.69) is 4.74 Å². The third kappa shape index (κ3) is 8.01. The SMILES string of the molecule is CC(N)CCc1ccc(OCCOCC(F)(F)F)cc1. The molecule has 0 saturated carbocycles. The van der Waals surface area contributed by atoms with E-state index in [1.807, 2.05) is 19.1 Å². The molecule has 2 N–H and O–H groups in total. The van der Waals surface area contributed by atoms with Gasteiger partial charge in [-0.05, 0) is 37.5 Å². The fourth-order valence-electron chi connectivity index (χ4n) is 1.55. The normalized spacial score (nSPS) is 13.2. The topological polar surface area (TPSA) is 44.5 Å². The molecular weight excluding hydrogens is 271 g/mol. The summed E-state index contributed by atoms with van der Waals surface area (Å²) in [5, 5.41) is 0. The van der Waals surface area contributed by atoms with Crippen LogP contribution in [0, 0.1) is 0 Å². The number of aryl methyl sites for hydroxylation is 1. The van der Waals surface area contributed by atoms with Crippen LogP contribution < -0.4 is 10.5 Å². The molecule has 20 heavy (non-hydrogen) atoms. The van der Waals surface area contributed by atoms with Gasteiger partial charge in [-0.1, -0.05) is 12.1 Å². The molecule has 0 aromatic heterocycles.